The fraction of sp³-hybridized carbons (Fsp3) is 0.583. The molecule has 0 fully saturated rings. The first kappa shape index (κ1) is 25.5. The Morgan fingerprint density at radius 1 is 1.06 bits per heavy atom. The molecule has 10 heteroatoms. The number of hydrogen-bond acceptors (Lipinski definition) is 7. The van der Waals surface area contributed by atoms with Gasteiger partial charge in [-0.1, -0.05) is 13.8 Å². The van der Waals surface area contributed by atoms with Crippen molar-refractivity contribution in [3.05, 3.63) is 35.9 Å². The van der Waals surface area contributed by atoms with E-state index in [0.717, 1.165) is 23.8 Å². The number of nitrogens with zero attached hydrogens (tertiary/aromatic N) is 4. The number of fused-ring (bicyclic) bond motifs is 1. The van der Waals surface area contributed by atoms with Crippen molar-refractivity contribution in [1.29, 1.82) is 0 Å². The molecule has 1 atom stereocenters. The lowest BCUT2D eigenvalue weighted by atomic mass is 10.0. The van der Waals surface area contributed by atoms with Gasteiger partial charge in [-0.25, -0.2) is 0 Å². The molecular weight excluding hydrogens is 438 g/mol. The van der Waals surface area contributed by atoms with Gasteiger partial charge in [0.25, 0.3) is 5.91 Å². The Balaban J connectivity index is 1.62. The van der Waals surface area contributed by atoms with Crippen LogP contribution in [0, 0.1) is 5.92 Å². The van der Waals surface area contributed by atoms with Gasteiger partial charge in [-0.05, 0) is 36.6 Å². The van der Waals surface area contributed by atoms with Crippen LogP contribution in [0.2, 0.25) is 0 Å². The summed E-state index contributed by atoms with van der Waals surface area (Å²) < 4.78 is 17.9. The first-order valence-electron chi connectivity index (χ1n) is 11.7. The predicted octanol–water partition coefficient (Wildman–Crippen LogP) is 1.99. The second-order valence-electron chi connectivity index (χ2n) is 8.71. The van der Waals surface area contributed by atoms with E-state index in [1.165, 1.54) is 0 Å². The molecule has 0 aliphatic carbocycles. The molecule has 0 spiro atoms. The van der Waals surface area contributed by atoms with Crippen molar-refractivity contribution in [2.24, 2.45) is 5.92 Å². The van der Waals surface area contributed by atoms with Gasteiger partial charge < -0.3 is 29.0 Å². The van der Waals surface area contributed by atoms with Gasteiger partial charge in [-0.15, -0.1) is 10.2 Å². The summed E-state index contributed by atoms with van der Waals surface area (Å²) in [6, 6.07) is 6.89. The Morgan fingerprint density at radius 2 is 1.79 bits per heavy atom. The highest BCUT2D eigenvalue weighted by molar-refractivity contribution is 5.78. The molecule has 10 nitrogen and oxygen atoms in total. The van der Waals surface area contributed by atoms with Crippen molar-refractivity contribution in [2.75, 3.05) is 40.5 Å². The molecule has 0 radical (unpaired) electrons. The number of hydrogen-bond donors (Lipinski definition) is 1. The molecule has 0 saturated carbocycles. The lowest BCUT2D eigenvalue weighted by Gasteiger charge is -2.22. The maximum Gasteiger partial charge on any atom is 0.260 e. The Hall–Kier alpha value is -3.14. The van der Waals surface area contributed by atoms with E-state index >= 15 is 0 Å². The number of carbonyl (C=O) groups is 2. The van der Waals surface area contributed by atoms with Crippen LogP contribution in [-0.4, -0.2) is 72.0 Å². The van der Waals surface area contributed by atoms with Crippen LogP contribution < -0.4 is 14.8 Å². The molecule has 1 unspecified atom stereocenters. The molecule has 2 heterocycles. The molecule has 1 aromatic carbocycles. The highest BCUT2D eigenvalue weighted by Crippen LogP contribution is 2.23. The third-order valence-corrected chi connectivity index (χ3v) is 5.72. The van der Waals surface area contributed by atoms with Crippen molar-refractivity contribution in [1.82, 2.24) is 25.0 Å². The summed E-state index contributed by atoms with van der Waals surface area (Å²) in [4.78, 5) is 26.9. The van der Waals surface area contributed by atoms with Crippen LogP contribution in [0.1, 0.15) is 44.4 Å². The highest BCUT2D eigenvalue weighted by Gasteiger charge is 2.27. The zero-order valence-corrected chi connectivity index (χ0v) is 20.5. The lowest BCUT2D eigenvalue weighted by molar-refractivity contribution is -0.133. The summed E-state index contributed by atoms with van der Waals surface area (Å²) >= 11 is 0. The summed E-state index contributed by atoms with van der Waals surface area (Å²) in [5, 5.41) is 11.9. The number of ether oxygens (including phenoxy) is 3. The van der Waals surface area contributed by atoms with Gasteiger partial charge in [0.05, 0.1) is 19.8 Å². The van der Waals surface area contributed by atoms with Crippen LogP contribution in [-0.2, 0) is 27.3 Å². The molecule has 0 saturated heterocycles. The molecular formula is C24H35N5O5. The monoisotopic (exact) mass is 473 g/mol. The summed E-state index contributed by atoms with van der Waals surface area (Å²) in [7, 11) is 3.18. The van der Waals surface area contributed by atoms with Crippen molar-refractivity contribution in [3.8, 4) is 11.5 Å². The van der Waals surface area contributed by atoms with E-state index in [4.69, 9.17) is 14.2 Å². The largest absolute Gasteiger partial charge is 0.497 e. The molecule has 1 aromatic heterocycles. The maximum absolute atomic E-state index is 12.8. The zero-order valence-electron chi connectivity index (χ0n) is 20.5. The van der Waals surface area contributed by atoms with Gasteiger partial charge >= 0.3 is 0 Å². The number of amides is 2. The normalized spacial score (nSPS) is 14.3. The molecule has 1 N–H and O–H groups in total. The van der Waals surface area contributed by atoms with Crippen molar-refractivity contribution in [3.63, 3.8) is 0 Å². The summed E-state index contributed by atoms with van der Waals surface area (Å²) in [5.41, 5.74) is 0. The van der Waals surface area contributed by atoms with Gasteiger partial charge in [0.2, 0.25) is 5.91 Å². The van der Waals surface area contributed by atoms with Crippen LogP contribution in [0.25, 0.3) is 0 Å². The molecule has 3 rings (SSSR count). The van der Waals surface area contributed by atoms with Crippen molar-refractivity contribution < 1.29 is 23.8 Å². The average molecular weight is 474 g/mol. The van der Waals surface area contributed by atoms with E-state index in [1.807, 2.05) is 4.57 Å². The predicted molar refractivity (Wildman–Crippen MR) is 126 cm³/mol. The standard InChI is InChI=1S/C24H35N5O5/c1-17(2)15-20(25-22(30)10-14-32-3)24-27-26-21-9-11-28(12-13-29(21)24)23(31)16-34-19-7-5-18(33-4)6-8-19/h5-8,17,20H,9-16H2,1-4H3,(H,25,30). The van der Waals surface area contributed by atoms with E-state index in [1.54, 1.807) is 43.4 Å². The molecule has 0 bridgehead atoms. The third kappa shape index (κ3) is 6.93. The van der Waals surface area contributed by atoms with E-state index in [-0.39, 0.29) is 24.5 Å². The molecule has 1 aliphatic heterocycles. The summed E-state index contributed by atoms with van der Waals surface area (Å²) in [6.45, 7) is 6.18. The Kier molecular flexibility index (Phi) is 9.26. The minimum absolute atomic E-state index is 0.0364. The van der Waals surface area contributed by atoms with Gasteiger partial charge in [0.15, 0.2) is 12.4 Å². The van der Waals surface area contributed by atoms with Crippen LogP contribution >= 0.6 is 0 Å². The first-order chi connectivity index (χ1) is 16.4. The van der Waals surface area contributed by atoms with E-state index < -0.39 is 0 Å². The molecule has 2 amide bonds. The molecule has 34 heavy (non-hydrogen) atoms. The van der Waals surface area contributed by atoms with E-state index in [9.17, 15) is 9.59 Å². The SMILES string of the molecule is COCCC(=O)NC(CC(C)C)c1nnc2n1CCN(C(=O)COc1ccc(OC)cc1)CC2. The van der Waals surface area contributed by atoms with Gasteiger partial charge in [-0.2, -0.15) is 0 Å². The summed E-state index contributed by atoms with van der Waals surface area (Å²) in [6.07, 6.45) is 1.63. The van der Waals surface area contributed by atoms with Crippen LogP contribution in [0.5, 0.6) is 11.5 Å². The smallest absolute Gasteiger partial charge is 0.260 e. The van der Waals surface area contributed by atoms with Crippen LogP contribution in [0.4, 0.5) is 0 Å². The lowest BCUT2D eigenvalue weighted by Crippen LogP contribution is -2.37. The zero-order chi connectivity index (χ0) is 24.5. The topological polar surface area (TPSA) is 108 Å². The Morgan fingerprint density at radius 3 is 2.47 bits per heavy atom. The second-order valence-corrected chi connectivity index (χ2v) is 8.71. The Labute approximate surface area is 200 Å². The van der Waals surface area contributed by atoms with Crippen LogP contribution in [0.3, 0.4) is 0 Å². The average Bonchev–Trinajstić information content (AvgIpc) is 3.11. The third-order valence-electron chi connectivity index (χ3n) is 5.72. The van der Waals surface area contributed by atoms with Gasteiger partial charge in [0, 0.05) is 39.6 Å². The highest BCUT2D eigenvalue weighted by atomic mass is 16.5. The Bertz CT molecular complexity index is 944. The summed E-state index contributed by atoms with van der Waals surface area (Å²) in [5.74, 6) is 3.10. The van der Waals surface area contributed by atoms with Crippen LogP contribution in [0.15, 0.2) is 24.3 Å². The number of methoxy groups -OCH3 is 2. The number of rotatable bonds is 11. The number of nitrogens with one attached hydrogen (secondary N) is 1. The molecule has 1 aliphatic rings. The van der Waals surface area contributed by atoms with E-state index in [2.05, 4.69) is 29.4 Å². The van der Waals surface area contributed by atoms with Crippen molar-refractivity contribution >= 4 is 11.8 Å². The van der Waals surface area contributed by atoms with Crippen molar-refractivity contribution in [2.45, 2.75) is 45.7 Å². The fourth-order valence-corrected chi connectivity index (χ4v) is 3.92. The number of carbonyl (C=O) groups excluding carboxylic acids is 2. The number of aromatic nitrogens is 3. The van der Waals surface area contributed by atoms with Gasteiger partial charge in [-0.3, -0.25) is 9.59 Å². The molecule has 186 valence electrons. The molecule has 2 aromatic rings. The minimum Gasteiger partial charge on any atom is -0.497 e. The van der Waals surface area contributed by atoms with E-state index in [0.29, 0.717) is 50.8 Å². The van der Waals surface area contributed by atoms with Gasteiger partial charge in [0.1, 0.15) is 17.3 Å². The second kappa shape index (κ2) is 12.4. The quantitative estimate of drug-likeness (QED) is 0.532. The maximum atomic E-state index is 12.8. The fourth-order valence-electron chi connectivity index (χ4n) is 3.92. The number of benzene rings is 1. The first-order valence-corrected chi connectivity index (χ1v) is 11.7. The minimum atomic E-state index is -0.244.